The molecule has 0 aromatic heterocycles. The smallest absolute Gasteiger partial charge is 0.245 e. The molecule has 0 aromatic carbocycles. The van der Waals surface area contributed by atoms with Crippen LogP contribution in [0.1, 0.15) is 52.4 Å². The summed E-state index contributed by atoms with van der Waals surface area (Å²) in [5.74, 6) is -4.47. The van der Waals surface area contributed by atoms with Gasteiger partial charge in [0.25, 0.3) is 0 Å². The molecule has 6 atom stereocenters. The normalized spacial score (nSPS) is 16.9. The van der Waals surface area contributed by atoms with Gasteiger partial charge in [-0.05, 0) is 52.4 Å². The summed E-state index contributed by atoms with van der Waals surface area (Å²) in [6, 6.07) is -6.34. The predicted octanol–water partition coefficient (Wildman–Crippen LogP) is -6.51. The Kier molecular flexibility index (Phi) is 19.0. The van der Waals surface area contributed by atoms with E-state index in [-0.39, 0.29) is 62.8 Å². The van der Waals surface area contributed by atoms with Crippen molar-refractivity contribution in [1.82, 2.24) is 31.5 Å². The van der Waals surface area contributed by atoms with Crippen molar-refractivity contribution in [1.29, 1.82) is 0 Å². The van der Waals surface area contributed by atoms with Crippen LogP contribution in [0.2, 0.25) is 0 Å². The summed E-state index contributed by atoms with van der Waals surface area (Å²) in [7, 11) is 0. The van der Waals surface area contributed by atoms with Crippen molar-refractivity contribution in [3.63, 3.8) is 0 Å². The number of aliphatic hydroxyl groups is 2. The van der Waals surface area contributed by atoms with E-state index in [1.807, 2.05) is 0 Å². The third-order valence-corrected chi connectivity index (χ3v) is 7.53. The molecule has 1 rings (SSSR count). The van der Waals surface area contributed by atoms with Crippen LogP contribution in [0.3, 0.4) is 0 Å². The molecule has 1 saturated heterocycles. The van der Waals surface area contributed by atoms with E-state index < -0.39 is 72.9 Å². The average molecular weight is 700 g/mol. The summed E-state index contributed by atoms with van der Waals surface area (Å²) in [4.78, 5) is 86.3. The maximum Gasteiger partial charge on any atom is 0.245 e. The topological polar surface area (TPSA) is 361 Å². The van der Waals surface area contributed by atoms with Gasteiger partial charge in [0, 0.05) is 19.6 Å². The molecule has 1 heterocycles. The van der Waals surface area contributed by atoms with Crippen molar-refractivity contribution >= 4 is 47.4 Å². The maximum atomic E-state index is 13.4. The number of nitrogens with two attached hydrogens (primary N) is 5. The zero-order valence-electron chi connectivity index (χ0n) is 28.0. The zero-order valence-corrected chi connectivity index (χ0v) is 28.0. The van der Waals surface area contributed by atoms with Gasteiger partial charge in [0.2, 0.25) is 35.4 Å². The Hall–Kier alpha value is -4.76. The van der Waals surface area contributed by atoms with Gasteiger partial charge in [-0.25, -0.2) is 0 Å². The van der Waals surface area contributed by atoms with E-state index in [1.165, 1.54) is 18.7 Å². The van der Waals surface area contributed by atoms with Crippen LogP contribution in [0, 0.1) is 0 Å². The molecule has 0 saturated carbocycles. The minimum absolute atomic E-state index is 0.0264. The second-order valence-corrected chi connectivity index (χ2v) is 11.5. The lowest BCUT2D eigenvalue weighted by Crippen LogP contribution is -2.59. The molecule has 17 N–H and O–H groups in total. The third-order valence-electron chi connectivity index (χ3n) is 7.53. The summed E-state index contributed by atoms with van der Waals surface area (Å²) in [6.45, 7) is 2.06. The Labute approximate surface area is 284 Å². The summed E-state index contributed by atoms with van der Waals surface area (Å²) in [5, 5.41) is 31.5. The number of hydrogen-bond donors (Lipinski definition) is 12. The van der Waals surface area contributed by atoms with Gasteiger partial charge in [-0.3, -0.25) is 38.8 Å². The van der Waals surface area contributed by atoms with E-state index in [0.717, 1.165) is 0 Å². The number of guanidine groups is 2. The van der Waals surface area contributed by atoms with Crippen LogP contribution >= 0.6 is 0 Å². The monoisotopic (exact) mass is 699 g/mol. The highest BCUT2D eigenvalue weighted by atomic mass is 16.3. The van der Waals surface area contributed by atoms with Gasteiger partial charge >= 0.3 is 0 Å². The molecule has 6 amide bonds. The first-order valence-electron chi connectivity index (χ1n) is 16.0. The quantitative estimate of drug-likeness (QED) is 0.0302. The van der Waals surface area contributed by atoms with Crippen LogP contribution in [-0.2, 0) is 28.8 Å². The number of likely N-dealkylation sites (tertiary alicyclic amines) is 1. The number of nitrogens with one attached hydrogen (secondary N) is 5. The molecule has 21 nitrogen and oxygen atoms in total. The number of amides is 6. The average Bonchev–Trinajstić information content (AvgIpc) is 3.54. The number of carbonyl (C=O) groups is 6. The molecule has 0 spiro atoms. The summed E-state index contributed by atoms with van der Waals surface area (Å²) < 4.78 is 0. The Morgan fingerprint density at radius 3 is 1.69 bits per heavy atom. The van der Waals surface area contributed by atoms with E-state index in [4.69, 9.17) is 28.7 Å². The Bertz CT molecular complexity index is 1190. The van der Waals surface area contributed by atoms with Crippen LogP contribution in [0.15, 0.2) is 9.98 Å². The van der Waals surface area contributed by atoms with Crippen LogP contribution in [0.25, 0.3) is 0 Å². The number of aliphatic hydroxyl groups excluding tert-OH is 2. The van der Waals surface area contributed by atoms with E-state index in [0.29, 0.717) is 25.8 Å². The molecule has 1 aliphatic heterocycles. The van der Waals surface area contributed by atoms with Gasteiger partial charge in [0.1, 0.15) is 30.2 Å². The third kappa shape index (κ3) is 15.3. The van der Waals surface area contributed by atoms with Crippen LogP contribution in [0.4, 0.5) is 0 Å². The van der Waals surface area contributed by atoms with Crippen molar-refractivity contribution in [2.45, 2.75) is 88.6 Å². The highest BCUT2D eigenvalue weighted by molar-refractivity contribution is 5.96. The molecule has 21 heteroatoms. The van der Waals surface area contributed by atoms with Crippen LogP contribution < -0.4 is 55.3 Å². The number of nitrogens with zero attached hydrogens (tertiary/aromatic N) is 3. The molecule has 1 fully saturated rings. The SMILES string of the molecule is C[C@H](NC(=O)[C@H](CO)NC(=O)CN)C(=O)N[C@@H](CCCN=C(N)N)C(=O)N[C@@H](C)C(=O)N[C@@H](CCCN=C(N)N)C(=O)N1CCC[C@H]1CO. The number of rotatable bonds is 21. The lowest BCUT2D eigenvalue weighted by atomic mass is 10.1. The first-order valence-corrected chi connectivity index (χ1v) is 16.0. The fourth-order valence-corrected chi connectivity index (χ4v) is 4.85. The first-order chi connectivity index (χ1) is 23.1. The number of carbonyl (C=O) groups excluding carboxylic acids is 6. The summed E-state index contributed by atoms with van der Waals surface area (Å²) in [6.07, 6.45) is 2.11. The maximum absolute atomic E-state index is 13.4. The van der Waals surface area contributed by atoms with E-state index in [1.54, 1.807) is 0 Å². The predicted molar refractivity (Wildman–Crippen MR) is 179 cm³/mol. The first kappa shape index (κ1) is 42.3. The van der Waals surface area contributed by atoms with Crippen molar-refractivity contribution in [2.24, 2.45) is 38.7 Å². The van der Waals surface area contributed by atoms with Crippen molar-refractivity contribution < 1.29 is 39.0 Å². The van der Waals surface area contributed by atoms with Gasteiger partial charge in [0.15, 0.2) is 11.9 Å². The number of hydrogen-bond acceptors (Lipinski definition) is 11. The molecule has 0 unspecified atom stereocenters. The van der Waals surface area contributed by atoms with E-state index >= 15 is 0 Å². The Morgan fingerprint density at radius 2 is 1.22 bits per heavy atom. The van der Waals surface area contributed by atoms with Crippen molar-refractivity contribution in [3.05, 3.63) is 0 Å². The molecule has 0 bridgehead atoms. The fraction of sp³-hybridized carbons (Fsp3) is 0.714. The minimum atomic E-state index is -1.37. The van der Waals surface area contributed by atoms with Crippen molar-refractivity contribution in [3.8, 4) is 0 Å². The zero-order chi connectivity index (χ0) is 37.1. The lowest BCUT2D eigenvalue weighted by Gasteiger charge is -2.29. The molecule has 0 aromatic rings. The van der Waals surface area contributed by atoms with Gasteiger partial charge in [-0.2, -0.15) is 0 Å². The molecular formula is C28H53N13O8. The summed E-state index contributed by atoms with van der Waals surface area (Å²) >= 11 is 0. The van der Waals surface area contributed by atoms with E-state index in [2.05, 4.69) is 36.6 Å². The minimum Gasteiger partial charge on any atom is -0.394 e. The van der Waals surface area contributed by atoms with Gasteiger partial charge < -0.3 is 70.4 Å². The lowest BCUT2D eigenvalue weighted by molar-refractivity contribution is -0.139. The van der Waals surface area contributed by atoms with Crippen LogP contribution in [-0.4, -0.2) is 138 Å². The van der Waals surface area contributed by atoms with Crippen LogP contribution in [0.5, 0.6) is 0 Å². The summed E-state index contributed by atoms with van der Waals surface area (Å²) in [5.41, 5.74) is 26.7. The molecule has 0 aliphatic carbocycles. The highest BCUT2D eigenvalue weighted by Gasteiger charge is 2.34. The second kappa shape index (κ2) is 22.0. The molecule has 1 aliphatic rings. The molecular weight excluding hydrogens is 646 g/mol. The van der Waals surface area contributed by atoms with Gasteiger partial charge in [0.05, 0.1) is 25.8 Å². The van der Waals surface area contributed by atoms with Crippen molar-refractivity contribution in [2.75, 3.05) is 39.4 Å². The second-order valence-electron chi connectivity index (χ2n) is 11.5. The Morgan fingerprint density at radius 1 is 0.735 bits per heavy atom. The fourth-order valence-electron chi connectivity index (χ4n) is 4.85. The van der Waals surface area contributed by atoms with Gasteiger partial charge in [-0.15, -0.1) is 0 Å². The largest absolute Gasteiger partial charge is 0.394 e. The molecule has 278 valence electrons. The highest BCUT2D eigenvalue weighted by Crippen LogP contribution is 2.19. The van der Waals surface area contributed by atoms with E-state index in [9.17, 15) is 39.0 Å². The Balaban J connectivity index is 3.02. The van der Waals surface area contributed by atoms with Gasteiger partial charge in [-0.1, -0.05) is 0 Å². The molecule has 49 heavy (non-hydrogen) atoms. The number of aliphatic imine (C=N–C) groups is 2. The standard InChI is InChI=1S/C28H53N13O8/c1-15(37-25(48)20(14-43)38-21(44)12-29)22(45)39-18(7-3-9-34-27(30)31)24(47)36-16(2)23(46)40-19(8-4-10-35-28(32)33)26(49)41-11-5-6-17(41)13-42/h15-20,42-43H,3-14,29H2,1-2H3,(H,36,47)(H,37,48)(H,38,44)(H,39,45)(H,40,46)(H4,30,31,34)(H4,32,33,35)/t15-,16-,17-,18-,19-,20-/m0/s1. The molecule has 0 radical (unpaired) electrons.